The van der Waals surface area contributed by atoms with Crippen molar-refractivity contribution in [1.29, 1.82) is 0 Å². The first kappa shape index (κ1) is 6.21. The van der Waals surface area contributed by atoms with Gasteiger partial charge in [0, 0.05) is 5.75 Å². The maximum absolute atomic E-state index is 2.31. The monoisotopic (exact) mass is 128 g/mol. The van der Waals surface area contributed by atoms with E-state index in [0.29, 0.717) is 5.41 Å². The Bertz CT molecular complexity index is 103. The third-order valence-electron chi connectivity index (χ3n) is 1.34. The molecule has 0 bridgehead atoms. The van der Waals surface area contributed by atoms with E-state index in [9.17, 15) is 0 Å². The molecule has 1 heteroatoms. The van der Waals surface area contributed by atoms with E-state index < -0.39 is 0 Å². The molecule has 1 aliphatic heterocycles. The van der Waals surface area contributed by atoms with Gasteiger partial charge in [-0.1, -0.05) is 19.9 Å². The summed E-state index contributed by atoms with van der Waals surface area (Å²) in [6.07, 6.45) is 3.51. The van der Waals surface area contributed by atoms with Crippen LogP contribution in [0, 0.1) is 5.41 Å². The summed E-state index contributed by atoms with van der Waals surface area (Å²) < 4.78 is 0. The summed E-state index contributed by atoms with van der Waals surface area (Å²) in [6, 6.07) is 0. The van der Waals surface area contributed by atoms with Crippen LogP contribution in [0.1, 0.15) is 20.3 Å². The Balaban J connectivity index is 2.50. The lowest BCUT2D eigenvalue weighted by molar-refractivity contribution is 0.429. The summed E-state index contributed by atoms with van der Waals surface area (Å²) in [4.78, 5) is 0. The molecular weight excluding hydrogens is 116 g/mol. The van der Waals surface area contributed by atoms with E-state index in [-0.39, 0.29) is 0 Å². The van der Waals surface area contributed by atoms with E-state index in [2.05, 4.69) is 25.3 Å². The van der Waals surface area contributed by atoms with Gasteiger partial charge >= 0.3 is 0 Å². The maximum Gasteiger partial charge on any atom is 0.00283 e. The van der Waals surface area contributed by atoms with Crippen molar-refractivity contribution in [2.75, 3.05) is 5.75 Å². The van der Waals surface area contributed by atoms with Crippen molar-refractivity contribution in [3.05, 3.63) is 11.5 Å². The molecule has 1 aliphatic rings. The molecule has 0 atom stereocenters. The molecule has 0 unspecified atom stereocenters. The fourth-order valence-electron chi connectivity index (χ4n) is 0.768. The van der Waals surface area contributed by atoms with E-state index in [1.54, 1.807) is 0 Å². The van der Waals surface area contributed by atoms with Gasteiger partial charge in [-0.05, 0) is 17.2 Å². The standard InChI is InChI=1S/C7H12S/c1-7(2)4-3-5-8-6-7/h3,5H,4,6H2,1-2H3. The zero-order chi connectivity index (χ0) is 6.04. The summed E-state index contributed by atoms with van der Waals surface area (Å²) in [6.45, 7) is 4.62. The van der Waals surface area contributed by atoms with Crippen LogP contribution in [-0.2, 0) is 0 Å². The fourth-order valence-corrected chi connectivity index (χ4v) is 1.67. The number of allylic oxidation sites excluding steroid dienone is 1. The second-order valence-electron chi connectivity index (χ2n) is 3.05. The van der Waals surface area contributed by atoms with Gasteiger partial charge < -0.3 is 0 Å². The lowest BCUT2D eigenvalue weighted by Crippen LogP contribution is -2.14. The molecule has 0 saturated carbocycles. The minimum atomic E-state index is 0.555. The molecule has 0 nitrogen and oxygen atoms in total. The average Bonchev–Trinajstić information content (AvgIpc) is 1.65. The second kappa shape index (κ2) is 2.14. The molecule has 8 heavy (non-hydrogen) atoms. The van der Waals surface area contributed by atoms with Crippen LogP contribution in [0.3, 0.4) is 0 Å². The van der Waals surface area contributed by atoms with E-state index in [4.69, 9.17) is 0 Å². The molecule has 0 saturated heterocycles. The number of hydrogen-bond donors (Lipinski definition) is 0. The van der Waals surface area contributed by atoms with Crippen molar-refractivity contribution in [1.82, 2.24) is 0 Å². The van der Waals surface area contributed by atoms with E-state index in [1.165, 1.54) is 12.2 Å². The quantitative estimate of drug-likeness (QED) is 0.483. The van der Waals surface area contributed by atoms with Gasteiger partial charge in [-0.3, -0.25) is 0 Å². The van der Waals surface area contributed by atoms with E-state index >= 15 is 0 Å². The van der Waals surface area contributed by atoms with Gasteiger partial charge in [-0.15, -0.1) is 11.8 Å². The molecule has 0 aliphatic carbocycles. The van der Waals surface area contributed by atoms with Gasteiger partial charge in [0.15, 0.2) is 0 Å². The Kier molecular flexibility index (Phi) is 1.66. The van der Waals surface area contributed by atoms with Gasteiger partial charge in [0.2, 0.25) is 0 Å². The molecule has 0 fully saturated rings. The highest BCUT2D eigenvalue weighted by atomic mass is 32.2. The first-order valence-corrected chi connectivity index (χ1v) is 4.02. The summed E-state index contributed by atoms with van der Waals surface area (Å²) >= 11 is 1.92. The Morgan fingerprint density at radius 1 is 1.50 bits per heavy atom. The Labute approximate surface area is 55.4 Å². The molecular formula is C7H12S. The highest BCUT2D eigenvalue weighted by molar-refractivity contribution is 8.02. The number of thioether (sulfide) groups is 1. The summed E-state index contributed by atoms with van der Waals surface area (Å²) in [5.41, 5.74) is 0.555. The van der Waals surface area contributed by atoms with Crippen molar-refractivity contribution < 1.29 is 0 Å². The first-order chi connectivity index (χ1) is 3.71. The summed E-state index contributed by atoms with van der Waals surface area (Å²) in [5.74, 6) is 1.28. The predicted octanol–water partition coefficient (Wildman–Crippen LogP) is 2.66. The zero-order valence-electron chi connectivity index (χ0n) is 5.48. The first-order valence-electron chi connectivity index (χ1n) is 2.97. The smallest absolute Gasteiger partial charge is 0.00283 e. The molecule has 0 aromatic heterocycles. The third-order valence-corrected chi connectivity index (χ3v) is 2.67. The molecule has 0 spiro atoms. The van der Waals surface area contributed by atoms with Crippen LogP contribution >= 0.6 is 11.8 Å². The molecule has 1 heterocycles. The highest BCUT2D eigenvalue weighted by Crippen LogP contribution is 2.30. The zero-order valence-corrected chi connectivity index (χ0v) is 6.29. The fraction of sp³-hybridized carbons (Fsp3) is 0.714. The molecule has 1 rings (SSSR count). The average molecular weight is 128 g/mol. The molecule has 0 aromatic carbocycles. The van der Waals surface area contributed by atoms with E-state index in [0.717, 1.165) is 0 Å². The third kappa shape index (κ3) is 1.55. The van der Waals surface area contributed by atoms with E-state index in [1.807, 2.05) is 11.8 Å². The van der Waals surface area contributed by atoms with Crippen LogP contribution in [0.2, 0.25) is 0 Å². The second-order valence-corrected chi connectivity index (χ2v) is 3.95. The van der Waals surface area contributed by atoms with Gasteiger partial charge in [0.05, 0.1) is 0 Å². The van der Waals surface area contributed by atoms with Crippen molar-refractivity contribution >= 4 is 11.8 Å². The van der Waals surface area contributed by atoms with Crippen LogP contribution in [-0.4, -0.2) is 5.75 Å². The lowest BCUT2D eigenvalue weighted by Gasteiger charge is -2.24. The predicted molar refractivity (Wildman–Crippen MR) is 40.0 cm³/mol. The SMILES string of the molecule is CC1(C)CC=CSC1. The topological polar surface area (TPSA) is 0 Å². The van der Waals surface area contributed by atoms with Crippen LogP contribution in [0.5, 0.6) is 0 Å². The minimum Gasteiger partial charge on any atom is -0.134 e. The van der Waals surface area contributed by atoms with Crippen LogP contribution < -0.4 is 0 Å². The van der Waals surface area contributed by atoms with Gasteiger partial charge in [0.1, 0.15) is 0 Å². The maximum atomic E-state index is 2.31. The van der Waals surface area contributed by atoms with Gasteiger partial charge in [-0.25, -0.2) is 0 Å². The largest absolute Gasteiger partial charge is 0.134 e. The van der Waals surface area contributed by atoms with Crippen molar-refractivity contribution in [3.63, 3.8) is 0 Å². The minimum absolute atomic E-state index is 0.555. The summed E-state index contributed by atoms with van der Waals surface area (Å²) in [7, 11) is 0. The molecule has 0 radical (unpaired) electrons. The number of rotatable bonds is 0. The molecule has 0 N–H and O–H groups in total. The summed E-state index contributed by atoms with van der Waals surface area (Å²) in [5, 5.41) is 2.20. The Hall–Kier alpha value is 0.0900. The van der Waals surface area contributed by atoms with Gasteiger partial charge in [0.25, 0.3) is 0 Å². The Morgan fingerprint density at radius 2 is 2.25 bits per heavy atom. The molecule has 0 amide bonds. The van der Waals surface area contributed by atoms with Crippen LogP contribution in [0.25, 0.3) is 0 Å². The molecule has 0 aromatic rings. The van der Waals surface area contributed by atoms with Crippen LogP contribution in [0.4, 0.5) is 0 Å². The normalized spacial score (nSPS) is 25.8. The molecule has 46 valence electrons. The number of hydrogen-bond acceptors (Lipinski definition) is 1. The lowest BCUT2D eigenvalue weighted by atomic mass is 9.92. The van der Waals surface area contributed by atoms with Crippen molar-refractivity contribution in [2.24, 2.45) is 5.41 Å². The van der Waals surface area contributed by atoms with Crippen molar-refractivity contribution in [3.8, 4) is 0 Å². The highest BCUT2D eigenvalue weighted by Gasteiger charge is 2.17. The van der Waals surface area contributed by atoms with Crippen LogP contribution in [0.15, 0.2) is 11.5 Å². The van der Waals surface area contributed by atoms with Gasteiger partial charge in [-0.2, -0.15) is 0 Å². The van der Waals surface area contributed by atoms with Crippen molar-refractivity contribution in [2.45, 2.75) is 20.3 Å². The Morgan fingerprint density at radius 3 is 2.50 bits per heavy atom.